The zero-order valence-corrected chi connectivity index (χ0v) is 9.00. The van der Waals surface area contributed by atoms with Crippen LogP contribution in [0.3, 0.4) is 0 Å². The van der Waals surface area contributed by atoms with Gasteiger partial charge in [-0.25, -0.2) is 14.3 Å². The van der Waals surface area contributed by atoms with Crippen LogP contribution in [0.25, 0.3) is 0 Å². The lowest BCUT2D eigenvalue weighted by Crippen LogP contribution is -2.28. The standard InChI is InChI=1S/C9H12N4O4/c1-2-5-17-9(16)10-3-4-13-6-7(8(14)15)11-12-13/h2,6H,1,3-5H2,(H,10,16)(H,14,15). The molecule has 0 spiro atoms. The molecule has 1 amide bonds. The highest BCUT2D eigenvalue weighted by molar-refractivity contribution is 5.84. The minimum atomic E-state index is -1.14. The van der Waals surface area contributed by atoms with Gasteiger partial charge in [0, 0.05) is 6.54 Å². The van der Waals surface area contributed by atoms with Crippen LogP contribution >= 0.6 is 0 Å². The Balaban J connectivity index is 2.28. The molecule has 0 fully saturated rings. The highest BCUT2D eigenvalue weighted by Gasteiger charge is 2.08. The van der Waals surface area contributed by atoms with Gasteiger partial charge in [-0.15, -0.1) is 5.10 Å². The first kappa shape index (κ1) is 12.7. The molecule has 0 saturated carbocycles. The van der Waals surface area contributed by atoms with Gasteiger partial charge in [-0.1, -0.05) is 17.9 Å². The monoisotopic (exact) mass is 240 g/mol. The molecular formula is C9H12N4O4. The lowest BCUT2D eigenvalue weighted by atomic mass is 10.5. The number of carbonyl (C=O) groups excluding carboxylic acids is 1. The van der Waals surface area contributed by atoms with Crippen molar-refractivity contribution in [1.29, 1.82) is 0 Å². The normalized spacial score (nSPS) is 9.65. The smallest absolute Gasteiger partial charge is 0.407 e. The number of rotatable bonds is 6. The van der Waals surface area contributed by atoms with Crippen molar-refractivity contribution in [1.82, 2.24) is 20.3 Å². The van der Waals surface area contributed by atoms with Gasteiger partial charge in [0.25, 0.3) is 0 Å². The van der Waals surface area contributed by atoms with E-state index < -0.39 is 12.1 Å². The van der Waals surface area contributed by atoms with Gasteiger partial charge in [0.1, 0.15) is 6.61 Å². The van der Waals surface area contributed by atoms with E-state index in [2.05, 4.69) is 26.9 Å². The number of carbonyl (C=O) groups is 2. The number of carboxylic acid groups (broad SMARTS) is 1. The summed E-state index contributed by atoms with van der Waals surface area (Å²) in [5.41, 5.74) is -0.140. The molecule has 17 heavy (non-hydrogen) atoms. The van der Waals surface area contributed by atoms with E-state index in [0.717, 1.165) is 0 Å². The second-order valence-electron chi connectivity index (χ2n) is 2.99. The van der Waals surface area contributed by atoms with Gasteiger partial charge in [-0.2, -0.15) is 0 Å². The summed E-state index contributed by atoms with van der Waals surface area (Å²) in [6.45, 7) is 4.11. The second-order valence-corrected chi connectivity index (χ2v) is 2.99. The molecule has 0 aliphatic rings. The summed E-state index contributed by atoms with van der Waals surface area (Å²) in [5, 5.41) is 18.0. The second kappa shape index (κ2) is 6.26. The average molecular weight is 240 g/mol. The van der Waals surface area contributed by atoms with Crippen molar-refractivity contribution in [3.8, 4) is 0 Å². The summed E-state index contributed by atoms with van der Waals surface area (Å²) >= 11 is 0. The predicted octanol–water partition coefficient (Wildman–Crippen LogP) is -0.111. The lowest BCUT2D eigenvalue weighted by Gasteiger charge is -2.04. The van der Waals surface area contributed by atoms with Gasteiger partial charge < -0.3 is 15.2 Å². The number of hydrogen-bond donors (Lipinski definition) is 2. The maximum Gasteiger partial charge on any atom is 0.407 e. The van der Waals surface area contributed by atoms with Crippen molar-refractivity contribution in [3.05, 3.63) is 24.5 Å². The SMILES string of the molecule is C=CCOC(=O)NCCn1cc(C(=O)O)nn1. The zero-order valence-electron chi connectivity index (χ0n) is 9.00. The Morgan fingerprint density at radius 3 is 3.00 bits per heavy atom. The first-order valence-corrected chi connectivity index (χ1v) is 4.78. The molecule has 0 unspecified atom stereocenters. The van der Waals surface area contributed by atoms with Crippen molar-refractivity contribution in [2.45, 2.75) is 6.54 Å². The van der Waals surface area contributed by atoms with Crippen molar-refractivity contribution >= 4 is 12.1 Å². The van der Waals surface area contributed by atoms with Crippen molar-refractivity contribution < 1.29 is 19.4 Å². The van der Waals surface area contributed by atoms with Crippen LogP contribution in [-0.2, 0) is 11.3 Å². The fourth-order valence-electron chi connectivity index (χ4n) is 0.964. The zero-order chi connectivity index (χ0) is 12.7. The number of aromatic carboxylic acids is 1. The minimum Gasteiger partial charge on any atom is -0.476 e. The molecule has 0 atom stereocenters. The third-order valence-corrected chi connectivity index (χ3v) is 1.70. The Labute approximate surface area is 96.9 Å². The Morgan fingerprint density at radius 1 is 1.65 bits per heavy atom. The number of nitrogens with zero attached hydrogens (tertiary/aromatic N) is 3. The summed E-state index contributed by atoms with van der Waals surface area (Å²) in [6, 6.07) is 0. The number of aromatic nitrogens is 3. The van der Waals surface area contributed by atoms with Crippen LogP contribution < -0.4 is 5.32 Å². The number of amides is 1. The van der Waals surface area contributed by atoms with Gasteiger partial charge in [0.05, 0.1) is 12.7 Å². The number of carboxylic acids is 1. The van der Waals surface area contributed by atoms with Crippen molar-refractivity contribution in [2.24, 2.45) is 0 Å². The third-order valence-electron chi connectivity index (χ3n) is 1.70. The number of hydrogen-bond acceptors (Lipinski definition) is 5. The van der Waals surface area contributed by atoms with E-state index >= 15 is 0 Å². The van der Waals surface area contributed by atoms with Gasteiger partial charge in [0.2, 0.25) is 0 Å². The van der Waals surface area contributed by atoms with Crippen LogP contribution in [0.4, 0.5) is 4.79 Å². The fraction of sp³-hybridized carbons (Fsp3) is 0.333. The van der Waals surface area contributed by atoms with Gasteiger partial charge in [-0.3, -0.25) is 0 Å². The molecule has 2 N–H and O–H groups in total. The number of nitrogens with one attached hydrogen (secondary N) is 1. The molecule has 1 aromatic heterocycles. The van der Waals surface area contributed by atoms with Crippen molar-refractivity contribution in [2.75, 3.05) is 13.2 Å². The fourth-order valence-corrected chi connectivity index (χ4v) is 0.964. The molecule has 0 aromatic carbocycles. The summed E-state index contributed by atoms with van der Waals surface area (Å²) in [7, 11) is 0. The molecule has 1 rings (SSSR count). The molecule has 1 aromatic rings. The number of ether oxygens (including phenoxy) is 1. The molecule has 0 saturated heterocycles. The molecule has 8 nitrogen and oxygen atoms in total. The molecule has 1 heterocycles. The third kappa shape index (κ3) is 4.33. The van der Waals surface area contributed by atoms with Crippen molar-refractivity contribution in [3.63, 3.8) is 0 Å². The van der Waals surface area contributed by atoms with E-state index in [1.165, 1.54) is 17.0 Å². The minimum absolute atomic E-state index is 0.137. The Morgan fingerprint density at radius 2 is 2.41 bits per heavy atom. The topological polar surface area (TPSA) is 106 Å². The highest BCUT2D eigenvalue weighted by Crippen LogP contribution is 1.91. The number of alkyl carbamates (subject to hydrolysis) is 1. The molecule has 92 valence electrons. The maximum atomic E-state index is 11.0. The molecule has 8 heteroatoms. The van der Waals surface area contributed by atoms with E-state index in [-0.39, 0.29) is 18.8 Å². The first-order valence-electron chi connectivity index (χ1n) is 4.78. The van der Waals surface area contributed by atoms with Crippen LogP contribution in [0.5, 0.6) is 0 Å². The molecule has 0 radical (unpaired) electrons. The molecule has 0 bridgehead atoms. The quantitative estimate of drug-likeness (QED) is 0.672. The van der Waals surface area contributed by atoms with E-state index in [9.17, 15) is 9.59 Å². The van der Waals surface area contributed by atoms with Gasteiger partial charge in [0.15, 0.2) is 5.69 Å². The Bertz CT molecular complexity index is 415. The van der Waals surface area contributed by atoms with E-state index in [1.807, 2.05) is 0 Å². The summed E-state index contributed by atoms with van der Waals surface area (Å²) in [6.07, 6.45) is 2.17. The van der Waals surface area contributed by atoms with Gasteiger partial charge in [-0.05, 0) is 0 Å². The van der Waals surface area contributed by atoms with E-state index in [4.69, 9.17) is 5.11 Å². The molecule has 0 aliphatic heterocycles. The van der Waals surface area contributed by atoms with Crippen LogP contribution in [0, 0.1) is 0 Å². The molecular weight excluding hydrogens is 228 g/mol. The van der Waals surface area contributed by atoms with Gasteiger partial charge >= 0.3 is 12.1 Å². The van der Waals surface area contributed by atoms with Crippen LogP contribution in [0.15, 0.2) is 18.9 Å². The first-order chi connectivity index (χ1) is 8.13. The van der Waals surface area contributed by atoms with Crippen LogP contribution in [0.2, 0.25) is 0 Å². The Hall–Kier alpha value is -2.38. The summed E-state index contributed by atoms with van der Waals surface area (Å²) in [5.74, 6) is -1.14. The predicted molar refractivity (Wildman–Crippen MR) is 56.5 cm³/mol. The largest absolute Gasteiger partial charge is 0.476 e. The lowest BCUT2D eigenvalue weighted by molar-refractivity contribution is 0.0690. The average Bonchev–Trinajstić information content (AvgIpc) is 2.75. The molecule has 0 aliphatic carbocycles. The maximum absolute atomic E-state index is 11.0. The van der Waals surface area contributed by atoms with E-state index in [1.54, 1.807) is 0 Å². The summed E-state index contributed by atoms with van der Waals surface area (Å²) in [4.78, 5) is 21.5. The van der Waals surface area contributed by atoms with Crippen LogP contribution in [-0.4, -0.2) is 45.3 Å². The van der Waals surface area contributed by atoms with Crippen LogP contribution in [0.1, 0.15) is 10.5 Å². The van der Waals surface area contributed by atoms with E-state index in [0.29, 0.717) is 6.54 Å². The summed E-state index contributed by atoms with van der Waals surface area (Å²) < 4.78 is 5.98. The Kier molecular flexibility index (Phi) is 4.67. The highest BCUT2D eigenvalue weighted by atomic mass is 16.5.